The second-order valence-electron chi connectivity index (χ2n) is 8.01. The van der Waals surface area contributed by atoms with Crippen molar-refractivity contribution in [3.63, 3.8) is 0 Å². The van der Waals surface area contributed by atoms with Gasteiger partial charge in [-0.15, -0.1) is 0 Å². The van der Waals surface area contributed by atoms with Gasteiger partial charge >= 0.3 is 0 Å². The molecule has 0 unspecified atom stereocenters. The minimum absolute atomic E-state index is 0.535. The topological polar surface area (TPSA) is 20.2 Å². The van der Waals surface area contributed by atoms with Crippen LogP contribution in [0.15, 0.2) is 12.1 Å². The van der Waals surface area contributed by atoms with E-state index < -0.39 is 0 Å². The highest BCUT2D eigenvalue weighted by Crippen LogP contribution is 2.32. The van der Waals surface area contributed by atoms with Crippen LogP contribution in [0.1, 0.15) is 108 Å². The van der Waals surface area contributed by atoms with Gasteiger partial charge in [-0.2, -0.15) is 23.5 Å². The molecule has 1 aromatic rings. The van der Waals surface area contributed by atoms with Gasteiger partial charge in [0.15, 0.2) is 0 Å². The van der Waals surface area contributed by atoms with Crippen molar-refractivity contribution in [3.8, 4) is 5.75 Å². The Bertz CT molecular complexity index is 502. The number of hydrogen-bond acceptors (Lipinski definition) is 3. The maximum Gasteiger partial charge on any atom is 0.122 e. The molecule has 0 saturated carbocycles. The molecule has 0 aromatic heterocycles. The Kier molecular flexibility index (Phi) is 16.2. The average Bonchev–Trinajstić information content (AvgIpc) is 2.70. The third-order valence-corrected chi connectivity index (χ3v) is 7.53. The van der Waals surface area contributed by atoms with Crippen molar-refractivity contribution < 1.29 is 5.11 Å². The molecule has 0 fully saturated rings. The number of hydrogen-bond donors (Lipinski definition) is 1. The Hall–Kier alpha value is -0.280. The summed E-state index contributed by atoms with van der Waals surface area (Å²) in [4.78, 5) is 0. The van der Waals surface area contributed by atoms with Gasteiger partial charge in [0.25, 0.3) is 0 Å². The number of benzene rings is 1. The van der Waals surface area contributed by atoms with Gasteiger partial charge in [0.1, 0.15) is 5.75 Å². The van der Waals surface area contributed by atoms with E-state index in [-0.39, 0.29) is 0 Å². The van der Waals surface area contributed by atoms with Crippen molar-refractivity contribution in [3.05, 3.63) is 28.8 Å². The maximum absolute atomic E-state index is 10.6. The van der Waals surface area contributed by atoms with Gasteiger partial charge in [-0.25, -0.2) is 0 Å². The molecule has 0 spiro atoms. The zero-order chi connectivity index (χ0) is 20.5. The third kappa shape index (κ3) is 11.7. The van der Waals surface area contributed by atoms with Crippen molar-refractivity contribution in [1.82, 2.24) is 0 Å². The molecule has 0 bridgehead atoms. The molecular weight excluding hydrogens is 380 g/mol. The molecular formula is C25H44OS2. The Labute approximate surface area is 183 Å². The molecule has 0 amide bonds. The van der Waals surface area contributed by atoms with E-state index in [0.717, 1.165) is 17.1 Å². The van der Waals surface area contributed by atoms with Crippen LogP contribution in [0.2, 0.25) is 0 Å². The van der Waals surface area contributed by atoms with Crippen LogP contribution in [0.5, 0.6) is 5.75 Å². The fraction of sp³-hybridized carbons (Fsp3) is 0.760. The van der Waals surface area contributed by atoms with Gasteiger partial charge in [-0.05, 0) is 42.4 Å². The number of rotatable bonds is 18. The Balaban J connectivity index is 2.30. The standard InChI is InChI=1S/C25H44OS2/c1-4-6-8-10-12-14-18-27-20-23-17-16-22(3)25(26)24(23)21-28-19-15-13-11-9-7-5-2/h16-17,26H,4-15,18-21H2,1-3H3. The molecule has 1 aromatic carbocycles. The van der Waals surface area contributed by atoms with E-state index in [9.17, 15) is 5.11 Å². The molecule has 3 heteroatoms. The van der Waals surface area contributed by atoms with Crippen molar-refractivity contribution in [2.45, 2.75) is 109 Å². The number of thioether (sulfide) groups is 2. The van der Waals surface area contributed by atoms with E-state index in [1.807, 2.05) is 30.4 Å². The summed E-state index contributed by atoms with van der Waals surface area (Å²) in [6.45, 7) is 6.56. The highest BCUT2D eigenvalue weighted by Gasteiger charge is 2.11. The first-order valence-electron chi connectivity index (χ1n) is 11.7. The molecule has 0 radical (unpaired) electrons. The molecule has 0 aliphatic carbocycles. The lowest BCUT2D eigenvalue weighted by atomic mass is 10.1. The third-order valence-electron chi connectivity index (χ3n) is 5.37. The smallest absolute Gasteiger partial charge is 0.122 e. The monoisotopic (exact) mass is 424 g/mol. The first-order chi connectivity index (χ1) is 13.7. The number of phenols is 1. The summed E-state index contributed by atoms with van der Waals surface area (Å²) in [7, 11) is 0. The summed E-state index contributed by atoms with van der Waals surface area (Å²) in [5, 5.41) is 10.6. The van der Waals surface area contributed by atoms with Crippen LogP contribution in [0.3, 0.4) is 0 Å². The zero-order valence-corrected chi connectivity index (χ0v) is 20.4. The van der Waals surface area contributed by atoms with Crippen LogP contribution < -0.4 is 0 Å². The first kappa shape index (κ1) is 25.8. The van der Waals surface area contributed by atoms with Gasteiger partial charge in [-0.1, -0.05) is 90.2 Å². The number of aromatic hydroxyl groups is 1. The predicted octanol–water partition coefficient (Wildman–Crippen LogP) is 8.89. The van der Waals surface area contributed by atoms with Crippen LogP contribution >= 0.6 is 23.5 Å². The molecule has 1 rings (SSSR count). The summed E-state index contributed by atoms with van der Waals surface area (Å²) < 4.78 is 0. The van der Waals surface area contributed by atoms with E-state index in [4.69, 9.17) is 0 Å². The maximum atomic E-state index is 10.6. The summed E-state index contributed by atoms with van der Waals surface area (Å²) in [6.07, 6.45) is 16.3. The second-order valence-corrected chi connectivity index (χ2v) is 10.2. The molecule has 0 aliphatic heterocycles. The van der Waals surface area contributed by atoms with Crippen LogP contribution in [0.25, 0.3) is 0 Å². The van der Waals surface area contributed by atoms with E-state index in [2.05, 4.69) is 26.0 Å². The van der Waals surface area contributed by atoms with Gasteiger partial charge < -0.3 is 5.11 Å². The lowest BCUT2D eigenvalue weighted by Crippen LogP contribution is -1.95. The minimum atomic E-state index is 0.535. The summed E-state index contributed by atoms with van der Waals surface area (Å²) >= 11 is 4.03. The van der Waals surface area contributed by atoms with E-state index >= 15 is 0 Å². The molecule has 0 aliphatic rings. The normalized spacial score (nSPS) is 11.2. The molecule has 0 atom stereocenters. The highest BCUT2D eigenvalue weighted by atomic mass is 32.2. The molecule has 0 saturated heterocycles. The quantitative estimate of drug-likeness (QED) is 0.237. The Morgan fingerprint density at radius 1 is 0.679 bits per heavy atom. The molecule has 1 N–H and O–H groups in total. The number of phenolic OH excluding ortho intramolecular Hbond substituents is 1. The summed E-state index contributed by atoms with van der Waals surface area (Å²) in [5.74, 6) is 4.98. The van der Waals surface area contributed by atoms with Gasteiger partial charge in [-0.3, -0.25) is 0 Å². The number of aryl methyl sites for hydroxylation is 1. The van der Waals surface area contributed by atoms with Crippen molar-refractivity contribution in [2.75, 3.05) is 11.5 Å². The van der Waals surface area contributed by atoms with E-state index in [1.165, 1.54) is 99.7 Å². The number of unbranched alkanes of at least 4 members (excludes halogenated alkanes) is 10. The average molecular weight is 425 g/mol. The van der Waals surface area contributed by atoms with E-state index in [0.29, 0.717) is 5.75 Å². The Morgan fingerprint density at radius 3 is 1.75 bits per heavy atom. The lowest BCUT2D eigenvalue weighted by molar-refractivity contribution is 0.465. The van der Waals surface area contributed by atoms with Gasteiger partial charge in [0.05, 0.1) is 0 Å². The SMILES string of the molecule is CCCCCCCCSCc1ccc(C)c(O)c1CSCCCCCCCC. The fourth-order valence-corrected chi connectivity index (χ4v) is 5.54. The van der Waals surface area contributed by atoms with Gasteiger partial charge in [0.2, 0.25) is 0 Å². The first-order valence-corrected chi connectivity index (χ1v) is 14.0. The van der Waals surface area contributed by atoms with E-state index in [1.54, 1.807) is 0 Å². The van der Waals surface area contributed by atoms with Gasteiger partial charge in [0, 0.05) is 17.1 Å². The molecule has 0 heterocycles. The minimum Gasteiger partial charge on any atom is -0.507 e. The highest BCUT2D eigenvalue weighted by molar-refractivity contribution is 7.98. The predicted molar refractivity (Wildman–Crippen MR) is 132 cm³/mol. The fourth-order valence-electron chi connectivity index (χ4n) is 3.42. The largest absolute Gasteiger partial charge is 0.507 e. The summed E-state index contributed by atoms with van der Waals surface area (Å²) in [5.41, 5.74) is 3.54. The van der Waals surface area contributed by atoms with Crippen molar-refractivity contribution in [1.29, 1.82) is 0 Å². The zero-order valence-electron chi connectivity index (χ0n) is 18.7. The summed E-state index contributed by atoms with van der Waals surface area (Å²) in [6, 6.07) is 4.32. The molecule has 162 valence electrons. The van der Waals surface area contributed by atoms with Crippen LogP contribution in [-0.4, -0.2) is 16.6 Å². The Morgan fingerprint density at radius 2 is 1.18 bits per heavy atom. The van der Waals surface area contributed by atoms with Crippen LogP contribution in [-0.2, 0) is 11.5 Å². The molecule has 28 heavy (non-hydrogen) atoms. The van der Waals surface area contributed by atoms with Crippen LogP contribution in [0.4, 0.5) is 0 Å². The second kappa shape index (κ2) is 17.6. The lowest BCUT2D eigenvalue weighted by Gasteiger charge is -2.13. The van der Waals surface area contributed by atoms with Crippen molar-refractivity contribution in [2.24, 2.45) is 0 Å². The molecule has 1 nitrogen and oxygen atoms in total. The van der Waals surface area contributed by atoms with Crippen molar-refractivity contribution >= 4 is 23.5 Å². The van der Waals surface area contributed by atoms with Crippen LogP contribution in [0, 0.1) is 6.92 Å².